The second-order valence-corrected chi connectivity index (χ2v) is 6.33. The van der Waals surface area contributed by atoms with E-state index in [0.717, 1.165) is 49.4 Å². The predicted molar refractivity (Wildman–Crippen MR) is 90.9 cm³/mol. The van der Waals surface area contributed by atoms with E-state index in [1.54, 1.807) is 0 Å². The Labute approximate surface area is 140 Å². The lowest BCUT2D eigenvalue weighted by Crippen LogP contribution is -2.49. The Morgan fingerprint density at radius 1 is 1.18 bits per heavy atom. The number of piperazine rings is 1. The van der Waals surface area contributed by atoms with Gasteiger partial charge in [0.15, 0.2) is 0 Å². The van der Waals surface area contributed by atoms with E-state index in [-0.39, 0.29) is 5.91 Å². The third kappa shape index (κ3) is 5.59. The summed E-state index contributed by atoms with van der Waals surface area (Å²) < 4.78 is 6.77. The van der Waals surface area contributed by atoms with Crippen LogP contribution >= 0.6 is 15.9 Å². The first-order valence-electron chi connectivity index (χ1n) is 7.77. The second-order valence-electron chi connectivity index (χ2n) is 5.42. The molecular weight excluding hydrogens is 346 g/mol. The first-order valence-corrected chi connectivity index (χ1v) is 8.57. The molecule has 0 aliphatic carbocycles. The summed E-state index contributed by atoms with van der Waals surface area (Å²) in [6.45, 7) is 5.66. The van der Waals surface area contributed by atoms with Crippen LogP contribution in [0.3, 0.4) is 0 Å². The molecule has 1 aromatic rings. The molecule has 1 amide bonds. The SMILES string of the molecule is NCCC(=O)N1CCN(CCCOc2ccc(Br)cc2)CC1. The Kier molecular flexibility index (Phi) is 7.15. The minimum atomic E-state index is 0.181. The van der Waals surface area contributed by atoms with Crippen LogP contribution in [0.25, 0.3) is 0 Å². The zero-order valence-corrected chi connectivity index (χ0v) is 14.4. The number of benzene rings is 1. The molecule has 0 unspecified atom stereocenters. The molecule has 5 nitrogen and oxygen atoms in total. The van der Waals surface area contributed by atoms with Gasteiger partial charge in [0.1, 0.15) is 5.75 Å². The van der Waals surface area contributed by atoms with Crippen molar-refractivity contribution in [3.05, 3.63) is 28.7 Å². The summed E-state index contributed by atoms with van der Waals surface area (Å²) in [4.78, 5) is 16.1. The van der Waals surface area contributed by atoms with E-state index >= 15 is 0 Å². The van der Waals surface area contributed by atoms with E-state index in [1.165, 1.54) is 0 Å². The van der Waals surface area contributed by atoms with Gasteiger partial charge in [-0.2, -0.15) is 0 Å². The lowest BCUT2D eigenvalue weighted by atomic mass is 10.2. The van der Waals surface area contributed by atoms with Crippen molar-refractivity contribution >= 4 is 21.8 Å². The third-order valence-electron chi connectivity index (χ3n) is 3.78. The van der Waals surface area contributed by atoms with Crippen molar-refractivity contribution in [3.63, 3.8) is 0 Å². The molecule has 22 heavy (non-hydrogen) atoms. The molecule has 0 atom stereocenters. The maximum atomic E-state index is 11.8. The van der Waals surface area contributed by atoms with E-state index in [0.29, 0.717) is 19.6 Å². The number of nitrogens with zero attached hydrogens (tertiary/aromatic N) is 2. The number of hydrogen-bond acceptors (Lipinski definition) is 4. The van der Waals surface area contributed by atoms with Crippen molar-refractivity contribution in [2.24, 2.45) is 5.73 Å². The molecule has 1 aliphatic rings. The van der Waals surface area contributed by atoms with Crippen molar-refractivity contribution in [1.82, 2.24) is 9.80 Å². The fourth-order valence-corrected chi connectivity index (χ4v) is 2.78. The Morgan fingerprint density at radius 2 is 1.86 bits per heavy atom. The van der Waals surface area contributed by atoms with Crippen LogP contribution in [0.4, 0.5) is 0 Å². The third-order valence-corrected chi connectivity index (χ3v) is 4.31. The van der Waals surface area contributed by atoms with Gasteiger partial charge in [-0.1, -0.05) is 15.9 Å². The van der Waals surface area contributed by atoms with Crippen LogP contribution < -0.4 is 10.5 Å². The smallest absolute Gasteiger partial charge is 0.223 e. The Bertz CT molecular complexity index is 459. The Balaban J connectivity index is 1.59. The van der Waals surface area contributed by atoms with Crippen molar-refractivity contribution in [2.45, 2.75) is 12.8 Å². The van der Waals surface area contributed by atoms with Crippen molar-refractivity contribution in [2.75, 3.05) is 45.9 Å². The molecule has 1 aliphatic heterocycles. The highest BCUT2D eigenvalue weighted by Gasteiger charge is 2.19. The lowest BCUT2D eigenvalue weighted by Gasteiger charge is -2.34. The molecule has 2 rings (SSSR count). The quantitative estimate of drug-likeness (QED) is 0.743. The Hall–Kier alpha value is -1.11. The van der Waals surface area contributed by atoms with Gasteiger partial charge in [-0.05, 0) is 30.7 Å². The topological polar surface area (TPSA) is 58.8 Å². The Morgan fingerprint density at radius 3 is 2.50 bits per heavy atom. The van der Waals surface area contributed by atoms with Gasteiger partial charge < -0.3 is 15.4 Å². The van der Waals surface area contributed by atoms with Crippen LogP contribution in [0.5, 0.6) is 5.75 Å². The number of rotatable bonds is 7. The summed E-state index contributed by atoms with van der Waals surface area (Å²) in [7, 11) is 0. The van der Waals surface area contributed by atoms with E-state index in [2.05, 4.69) is 20.8 Å². The second kappa shape index (κ2) is 9.12. The van der Waals surface area contributed by atoms with Gasteiger partial charge in [0.2, 0.25) is 5.91 Å². The largest absolute Gasteiger partial charge is 0.494 e. The van der Waals surface area contributed by atoms with Gasteiger partial charge in [-0.25, -0.2) is 0 Å². The molecule has 0 aromatic heterocycles. The van der Waals surface area contributed by atoms with Gasteiger partial charge in [-0.3, -0.25) is 9.69 Å². The molecule has 1 aromatic carbocycles. The van der Waals surface area contributed by atoms with E-state index in [9.17, 15) is 4.79 Å². The number of halogens is 1. The molecule has 0 saturated carbocycles. The number of carbonyl (C=O) groups is 1. The number of hydrogen-bond donors (Lipinski definition) is 1. The number of amides is 1. The van der Waals surface area contributed by atoms with E-state index in [1.807, 2.05) is 29.2 Å². The minimum Gasteiger partial charge on any atom is -0.494 e. The van der Waals surface area contributed by atoms with Gasteiger partial charge in [0, 0.05) is 50.2 Å². The molecule has 122 valence electrons. The highest BCUT2D eigenvalue weighted by molar-refractivity contribution is 9.10. The fourth-order valence-electron chi connectivity index (χ4n) is 2.51. The molecule has 1 fully saturated rings. The normalized spacial score (nSPS) is 15.8. The maximum absolute atomic E-state index is 11.8. The number of nitrogens with two attached hydrogens (primary N) is 1. The molecule has 0 spiro atoms. The van der Waals surface area contributed by atoms with Gasteiger partial charge in [0.25, 0.3) is 0 Å². The summed E-state index contributed by atoms with van der Waals surface area (Å²) in [6.07, 6.45) is 1.45. The van der Waals surface area contributed by atoms with E-state index in [4.69, 9.17) is 10.5 Å². The minimum absolute atomic E-state index is 0.181. The summed E-state index contributed by atoms with van der Waals surface area (Å²) in [5, 5.41) is 0. The van der Waals surface area contributed by atoms with Crippen LogP contribution in [0.2, 0.25) is 0 Å². The average Bonchev–Trinajstić information content (AvgIpc) is 2.54. The van der Waals surface area contributed by atoms with Gasteiger partial charge in [0.05, 0.1) is 6.61 Å². The molecule has 2 N–H and O–H groups in total. The monoisotopic (exact) mass is 369 g/mol. The van der Waals surface area contributed by atoms with Crippen molar-refractivity contribution in [1.29, 1.82) is 0 Å². The molecule has 6 heteroatoms. The molecular formula is C16H24BrN3O2. The summed E-state index contributed by atoms with van der Waals surface area (Å²) in [6, 6.07) is 7.89. The van der Waals surface area contributed by atoms with Crippen molar-refractivity contribution in [3.8, 4) is 5.75 Å². The van der Waals surface area contributed by atoms with Crippen LogP contribution in [0.1, 0.15) is 12.8 Å². The van der Waals surface area contributed by atoms with E-state index < -0.39 is 0 Å². The fraction of sp³-hybridized carbons (Fsp3) is 0.562. The summed E-state index contributed by atoms with van der Waals surface area (Å²) >= 11 is 3.41. The van der Waals surface area contributed by atoms with Gasteiger partial charge >= 0.3 is 0 Å². The first-order chi connectivity index (χ1) is 10.7. The van der Waals surface area contributed by atoms with Gasteiger partial charge in [-0.15, -0.1) is 0 Å². The summed E-state index contributed by atoms with van der Waals surface area (Å²) in [5.41, 5.74) is 5.43. The average molecular weight is 370 g/mol. The summed E-state index contributed by atoms with van der Waals surface area (Å²) in [5.74, 6) is 1.08. The molecule has 1 heterocycles. The predicted octanol–water partition coefficient (Wildman–Crippen LogP) is 1.71. The number of ether oxygens (including phenoxy) is 1. The zero-order valence-electron chi connectivity index (χ0n) is 12.8. The standard InChI is InChI=1S/C16H24BrN3O2/c17-14-2-4-15(5-3-14)22-13-1-8-19-9-11-20(12-10-19)16(21)6-7-18/h2-5H,1,6-13,18H2. The van der Waals surface area contributed by atoms with Crippen LogP contribution in [-0.4, -0.2) is 61.6 Å². The molecule has 0 bridgehead atoms. The van der Waals surface area contributed by atoms with Crippen molar-refractivity contribution < 1.29 is 9.53 Å². The van der Waals surface area contributed by atoms with Crippen LogP contribution in [0, 0.1) is 0 Å². The van der Waals surface area contributed by atoms with Crippen LogP contribution in [0.15, 0.2) is 28.7 Å². The zero-order chi connectivity index (χ0) is 15.8. The maximum Gasteiger partial charge on any atom is 0.223 e. The number of carbonyl (C=O) groups excluding carboxylic acids is 1. The first kappa shape index (κ1) is 17.2. The highest BCUT2D eigenvalue weighted by Crippen LogP contribution is 2.16. The van der Waals surface area contributed by atoms with Crippen LogP contribution in [-0.2, 0) is 4.79 Å². The lowest BCUT2D eigenvalue weighted by molar-refractivity contribution is -0.132. The molecule has 1 saturated heterocycles. The highest BCUT2D eigenvalue weighted by atomic mass is 79.9. The molecule has 0 radical (unpaired) electrons.